The molecule has 0 spiro atoms. The summed E-state index contributed by atoms with van der Waals surface area (Å²) < 4.78 is 43.9. The predicted octanol–water partition coefficient (Wildman–Crippen LogP) is 2.47. The van der Waals surface area contributed by atoms with E-state index in [-0.39, 0.29) is 24.1 Å². The van der Waals surface area contributed by atoms with Crippen molar-refractivity contribution >= 4 is 43.6 Å². The zero-order valence-electron chi connectivity index (χ0n) is 18.7. The molecular formula is C22H22BrClFN5O5S. The standard InChI is InChI=1S/C22H22BrClFN5O5S/c23-15-1-2-17(24)13(6-15)9-30-4-3-18(29-30)22(32)16-8-27-11-28-19(16)7-12-5-14(21(31)20(12)25)10-35-36(26,33)34/h1-4,6,8,11-12,14,20-21,31H,5,7,9-10H2,(H2,26,33,34)/t12-,14+,20+,21+/m0/s1. The van der Waals surface area contributed by atoms with Gasteiger partial charge in [0.1, 0.15) is 18.2 Å². The lowest BCUT2D eigenvalue weighted by atomic mass is 9.95. The van der Waals surface area contributed by atoms with Crippen LogP contribution < -0.4 is 5.14 Å². The Kier molecular flexibility index (Phi) is 8.17. The molecule has 1 aromatic carbocycles. The highest BCUT2D eigenvalue weighted by molar-refractivity contribution is 9.10. The van der Waals surface area contributed by atoms with E-state index in [4.69, 9.17) is 16.7 Å². The first-order valence-corrected chi connectivity index (χ1v) is 13.5. The van der Waals surface area contributed by atoms with Crippen LogP contribution in [0.5, 0.6) is 0 Å². The molecule has 0 amide bonds. The van der Waals surface area contributed by atoms with E-state index in [2.05, 4.69) is 35.2 Å². The number of aliphatic hydroxyl groups is 1. The molecule has 0 radical (unpaired) electrons. The summed E-state index contributed by atoms with van der Waals surface area (Å²) in [5.74, 6) is -1.93. The van der Waals surface area contributed by atoms with Gasteiger partial charge in [0.05, 0.1) is 30.5 Å². The summed E-state index contributed by atoms with van der Waals surface area (Å²) in [7, 11) is -4.22. The molecule has 10 nitrogen and oxygen atoms in total. The number of hydrogen-bond donors (Lipinski definition) is 2. The van der Waals surface area contributed by atoms with Crippen molar-refractivity contribution in [2.24, 2.45) is 17.0 Å². The Morgan fingerprint density at radius 3 is 2.86 bits per heavy atom. The molecule has 2 heterocycles. The molecule has 192 valence electrons. The molecule has 0 unspecified atom stereocenters. The average molecular weight is 603 g/mol. The summed E-state index contributed by atoms with van der Waals surface area (Å²) in [5, 5.41) is 19.9. The molecule has 3 N–H and O–H groups in total. The van der Waals surface area contributed by atoms with Gasteiger partial charge >= 0.3 is 10.3 Å². The van der Waals surface area contributed by atoms with Crippen LogP contribution in [0.25, 0.3) is 0 Å². The molecule has 0 aliphatic heterocycles. The van der Waals surface area contributed by atoms with Gasteiger partial charge in [0.25, 0.3) is 0 Å². The van der Waals surface area contributed by atoms with Crippen LogP contribution in [0.4, 0.5) is 4.39 Å². The second kappa shape index (κ2) is 11.0. The zero-order chi connectivity index (χ0) is 26.0. The number of aliphatic hydroxyl groups excluding tert-OH is 1. The van der Waals surface area contributed by atoms with Crippen LogP contribution in [-0.2, 0) is 27.5 Å². The fraction of sp³-hybridized carbons (Fsp3) is 0.364. The van der Waals surface area contributed by atoms with Crippen LogP contribution in [0.3, 0.4) is 0 Å². The Hall–Kier alpha value is -2.29. The Balaban J connectivity index is 1.49. The van der Waals surface area contributed by atoms with Crippen molar-refractivity contribution in [3.63, 3.8) is 0 Å². The number of nitrogens with zero attached hydrogens (tertiary/aromatic N) is 4. The molecule has 0 saturated heterocycles. The highest BCUT2D eigenvalue weighted by Crippen LogP contribution is 2.37. The Morgan fingerprint density at radius 2 is 2.11 bits per heavy atom. The number of alkyl halides is 1. The quantitative estimate of drug-likeness (QED) is 0.355. The number of hydrogen-bond acceptors (Lipinski definition) is 8. The van der Waals surface area contributed by atoms with Crippen molar-refractivity contribution in [2.45, 2.75) is 31.7 Å². The summed E-state index contributed by atoms with van der Waals surface area (Å²) in [4.78, 5) is 21.3. The first kappa shape index (κ1) is 26.8. The number of aromatic nitrogens is 4. The molecule has 4 rings (SSSR count). The van der Waals surface area contributed by atoms with Crippen molar-refractivity contribution in [1.82, 2.24) is 19.7 Å². The molecule has 3 aromatic rings. The van der Waals surface area contributed by atoms with Crippen LogP contribution in [-0.4, -0.2) is 57.9 Å². The lowest BCUT2D eigenvalue weighted by Gasteiger charge is -2.15. The van der Waals surface area contributed by atoms with Crippen LogP contribution >= 0.6 is 27.5 Å². The molecule has 0 bridgehead atoms. The van der Waals surface area contributed by atoms with Gasteiger partial charge in [0.2, 0.25) is 5.78 Å². The van der Waals surface area contributed by atoms with E-state index in [1.54, 1.807) is 23.0 Å². The SMILES string of the molecule is NS(=O)(=O)OC[C@H]1C[C@@H](Cc2ncncc2C(=O)c2ccn(Cc3cc(Br)ccc3Cl)n2)[C@@H](F)[C@@H]1O. The molecule has 4 atom stereocenters. The van der Waals surface area contributed by atoms with Crippen LogP contribution in [0, 0.1) is 11.8 Å². The monoisotopic (exact) mass is 601 g/mol. The number of benzene rings is 1. The molecule has 1 saturated carbocycles. The van der Waals surface area contributed by atoms with E-state index in [0.717, 1.165) is 10.0 Å². The smallest absolute Gasteiger partial charge is 0.333 e. The maximum atomic E-state index is 14.8. The van der Waals surface area contributed by atoms with Crippen molar-refractivity contribution in [3.05, 3.63) is 75.0 Å². The number of rotatable bonds is 9. The van der Waals surface area contributed by atoms with E-state index in [0.29, 0.717) is 17.3 Å². The average Bonchev–Trinajstić information content (AvgIpc) is 3.40. The Labute approximate surface area is 220 Å². The molecule has 1 aliphatic rings. The maximum absolute atomic E-state index is 14.8. The summed E-state index contributed by atoms with van der Waals surface area (Å²) in [6, 6.07) is 7.00. The van der Waals surface area contributed by atoms with Gasteiger partial charge < -0.3 is 5.11 Å². The maximum Gasteiger partial charge on any atom is 0.333 e. The van der Waals surface area contributed by atoms with Gasteiger partial charge in [-0.1, -0.05) is 27.5 Å². The van der Waals surface area contributed by atoms with Gasteiger partial charge in [0.15, 0.2) is 0 Å². The van der Waals surface area contributed by atoms with Crippen molar-refractivity contribution < 1.29 is 26.9 Å². The van der Waals surface area contributed by atoms with E-state index >= 15 is 0 Å². The zero-order valence-corrected chi connectivity index (χ0v) is 21.8. The molecular weight excluding hydrogens is 581 g/mol. The highest BCUT2D eigenvalue weighted by atomic mass is 79.9. The minimum atomic E-state index is -4.22. The first-order valence-electron chi connectivity index (χ1n) is 10.8. The number of halogens is 3. The minimum absolute atomic E-state index is 0.0298. The topological polar surface area (TPSA) is 150 Å². The fourth-order valence-corrected chi connectivity index (χ4v) is 5.20. The lowest BCUT2D eigenvalue weighted by molar-refractivity contribution is 0.0438. The lowest BCUT2D eigenvalue weighted by Crippen LogP contribution is -2.29. The molecule has 1 aliphatic carbocycles. The van der Waals surface area contributed by atoms with E-state index in [1.807, 2.05) is 12.1 Å². The highest BCUT2D eigenvalue weighted by Gasteiger charge is 2.43. The van der Waals surface area contributed by atoms with Gasteiger partial charge in [-0.15, -0.1) is 0 Å². The normalized spacial score (nSPS) is 22.1. The summed E-state index contributed by atoms with van der Waals surface area (Å²) in [6.45, 7) is -0.0961. The van der Waals surface area contributed by atoms with Crippen molar-refractivity contribution in [1.29, 1.82) is 0 Å². The largest absolute Gasteiger partial charge is 0.390 e. The predicted molar refractivity (Wildman–Crippen MR) is 131 cm³/mol. The van der Waals surface area contributed by atoms with Crippen LogP contribution in [0.15, 0.2) is 47.5 Å². The van der Waals surface area contributed by atoms with Crippen LogP contribution in [0.2, 0.25) is 5.02 Å². The van der Waals surface area contributed by atoms with E-state index in [1.165, 1.54) is 12.5 Å². The molecule has 36 heavy (non-hydrogen) atoms. The Morgan fingerprint density at radius 1 is 1.33 bits per heavy atom. The number of ketones is 1. The van der Waals surface area contributed by atoms with Crippen molar-refractivity contribution in [3.8, 4) is 0 Å². The number of carbonyl (C=O) groups excluding carboxylic acids is 1. The van der Waals surface area contributed by atoms with Crippen LogP contribution in [0.1, 0.15) is 33.7 Å². The second-order valence-corrected chi connectivity index (χ2v) is 11.1. The van der Waals surface area contributed by atoms with Gasteiger partial charge in [-0.05, 0) is 48.6 Å². The summed E-state index contributed by atoms with van der Waals surface area (Å²) in [5.41, 5.74) is 1.42. The van der Waals surface area contributed by atoms with E-state index in [9.17, 15) is 22.7 Å². The summed E-state index contributed by atoms with van der Waals surface area (Å²) >= 11 is 9.65. The number of carbonyl (C=O) groups is 1. The molecule has 1 fully saturated rings. The third-order valence-corrected chi connectivity index (χ3v) is 7.35. The van der Waals surface area contributed by atoms with Gasteiger partial charge in [-0.25, -0.2) is 19.5 Å². The third-order valence-electron chi connectivity index (χ3n) is 6.02. The fourth-order valence-electron chi connectivity index (χ4n) is 4.25. The van der Waals surface area contributed by atoms with Gasteiger partial charge in [-0.3, -0.25) is 13.7 Å². The summed E-state index contributed by atoms with van der Waals surface area (Å²) in [6.07, 6.45) is 1.30. The molecule has 14 heteroatoms. The van der Waals surface area contributed by atoms with Gasteiger partial charge in [-0.2, -0.15) is 13.5 Å². The van der Waals surface area contributed by atoms with E-state index < -0.39 is 46.8 Å². The van der Waals surface area contributed by atoms with Crippen molar-refractivity contribution in [2.75, 3.05) is 6.61 Å². The number of nitrogens with two attached hydrogens (primary N) is 1. The second-order valence-electron chi connectivity index (χ2n) is 8.52. The Bertz CT molecular complexity index is 1370. The first-order chi connectivity index (χ1) is 17.0. The third kappa shape index (κ3) is 6.33. The minimum Gasteiger partial charge on any atom is -0.390 e. The molecule has 2 aromatic heterocycles. The van der Waals surface area contributed by atoms with Gasteiger partial charge in [0, 0.05) is 27.8 Å².